The topological polar surface area (TPSA) is 135 Å². The minimum Gasteiger partial charge on any atom is -0.393 e. The highest BCUT2D eigenvalue weighted by atomic mass is 79.9. The summed E-state index contributed by atoms with van der Waals surface area (Å²) >= 11 is 3.30. The molecule has 0 bridgehead atoms. The van der Waals surface area contributed by atoms with Gasteiger partial charge in [0.15, 0.2) is 11.6 Å². The second-order valence-electron chi connectivity index (χ2n) is 5.51. The van der Waals surface area contributed by atoms with Crippen LogP contribution in [-0.2, 0) is 10.0 Å². The van der Waals surface area contributed by atoms with Crippen LogP contribution in [0, 0.1) is 6.92 Å². The van der Waals surface area contributed by atoms with Gasteiger partial charge in [-0.05, 0) is 47.1 Å². The number of rotatable bonds is 6. The molecule has 0 saturated carbocycles. The number of nitrogens with zero attached hydrogens (tertiary/aromatic N) is 3. The third kappa shape index (κ3) is 4.70. The molecule has 27 heavy (non-hydrogen) atoms. The Morgan fingerprint density at radius 2 is 1.70 bits per heavy atom. The van der Waals surface area contributed by atoms with Crippen LogP contribution in [0.1, 0.15) is 5.56 Å². The molecule has 0 radical (unpaired) electrons. The van der Waals surface area contributed by atoms with Gasteiger partial charge in [-0.25, -0.2) is 23.4 Å². The van der Waals surface area contributed by atoms with Crippen molar-refractivity contribution in [3.8, 4) is 0 Å². The van der Waals surface area contributed by atoms with Crippen molar-refractivity contribution in [1.29, 1.82) is 0 Å². The largest absolute Gasteiger partial charge is 0.393 e. The SMILES string of the molecule is Cc1ccc(S(=O)(=O)NNc2ncnc(Nc3ccc(Br)cn3)c2N)cc1. The third-order valence-electron chi connectivity index (χ3n) is 3.49. The first-order chi connectivity index (χ1) is 12.8. The molecule has 0 fully saturated rings. The van der Waals surface area contributed by atoms with E-state index >= 15 is 0 Å². The zero-order chi connectivity index (χ0) is 19.4. The Balaban J connectivity index is 1.75. The second-order valence-corrected chi connectivity index (χ2v) is 8.11. The number of hydrazine groups is 1. The Morgan fingerprint density at radius 3 is 2.37 bits per heavy atom. The number of pyridine rings is 1. The van der Waals surface area contributed by atoms with Gasteiger partial charge in [0.1, 0.15) is 17.8 Å². The Labute approximate surface area is 164 Å². The summed E-state index contributed by atoms with van der Waals surface area (Å²) in [5.41, 5.74) is 9.64. The van der Waals surface area contributed by atoms with Crippen LogP contribution in [0.3, 0.4) is 0 Å². The smallest absolute Gasteiger partial charge is 0.257 e. The van der Waals surface area contributed by atoms with Crippen LogP contribution >= 0.6 is 15.9 Å². The zero-order valence-corrected chi connectivity index (χ0v) is 16.5. The van der Waals surface area contributed by atoms with Gasteiger partial charge < -0.3 is 11.1 Å². The number of nitrogens with two attached hydrogens (primary N) is 1. The predicted molar refractivity (Wildman–Crippen MR) is 107 cm³/mol. The fourth-order valence-electron chi connectivity index (χ4n) is 2.06. The van der Waals surface area contributed by atoms with Crippen molar-refractivity contribution >= 4 is 49.1 Å². The maximum Gasteiger partial charge on any atom is 0.257 e. The molecule has 9 nitrogen and oxygen atoms in total. The van der Waals surface area contributed by atoms with Crippen molar-refractivity contribution in [2.45, 2.75) is 11.8 Å². The van der Waals surface area contributed by atoms with Gasteiger partial charge in [0.25, 0.3) is 10.0 Å². The number of sulfonamides is 1. The first-order valence-corrected chi connectivity index (χ1v) is 9.96. The van der Waals surface area contributed by atoms with Crippen LogP contribution in [0.5, 0.6) is 0 Å². The van der Waals surface area contributed by atoms with Crippen molar-refractivity contribution in [2.75, 3.05) is 16.5 Å². The number of aromatic nitrogens is 3. The lowest BCUT2D eigenvalue weighted by Crippen LogP contribution is -2.30. The molecule has 3 rings (SSSR count). The van der Waals surface area contributed by atoms with Crippen LogP contribution in [-0.4, -0.2) is 23.4 Å². The number of anilines is 4. The molecule has 2 aromatic heterocycles. The number of hydrogen-bond acceptors (Lipinski definition) is 8. The molecule has 5 N–H and O–H groups in total. The summed E-state index contributed by atoms with van der Waals surface area (Å²) in [5.74, 6) is 0.923. The fourth-order valence-corrected chi connectivity index (χ4v) is 3.14. The van der Waals surface area contributed by atoms with E-state index in [1.807, 2.05) is 13.0 Å². The molecule has 0 saturated heterocycles. The van der Waals surface area contributed by atoms with Crippen LogP contribution in [0.4, 0.5) is 23.1 Å². The lowest BCUT2D eigenvalue weighted by atomic mass is 10.2. The molecule has 0 unspecified atom stereocenters. The number of nitrogen functional groups attached to an aromatic ring is 1. The van der Waals surface area contributed by atoms with E-state index in [-0.39, 0.29) is 22.2 Å². The fraction of sp³-hybridized carbons (Fsp3) is 0.0625. The van der Waals surface area contributed by atoms with Gasteiger partial charge in [0.2, 0.25) is 0 Å². The van der Waals surface area contributed by atoms with E-state index in [1.54, 1.807) is 24.4 Å². The van der Waals surface area contributed by atoms with Gasteiger partial charge in [0.05, 0.1) is 4.90 Å². The Bertz CT molecular complexity index is 1040. The minimum absolute atomic E-state index is 0.111. The van der Waals surface area contributed by atoms with Gasteiger partial charge in [0, 0.05) is 10.7 Å². The van der Waals surface area contributed by atoms with Gasteiger partial charge >= 0.3 is 0 Å². The summed E-state index contributed by atoms with van der Waals surface area (Å²) in [4.78, 5) is 14.6. The molecule has 0 aliphatic heterocycles. The van der Waals surface area contributed by atoms with Crippen LogP contribution in [0.25, 0.3) is 0 Å². The normalized spacial score (nSPS) is 11.2. The zero-order valence-electron chi connectivity index (χ0n) is 14.1. The molecule has 1 aromatic carbocycles. The summed E-state index contributed by atoms with van der Waals surface area (Å²) in [6, 6.07) is 9.98. The quantitative estimate of drug-likeness (QED) is 0.421. The Kier molecular flexibility index (Phi) is 5.54. The van der Waals surface area contributed by atoms with Gasteiger partial charge in [-0.15, -0.1) is 4.83 Å². The average molecular weight is 450 g/mol. The lowest BCUT2D eigenvalue weighted by molar-refractivity contribution is 0.587. The van der Waals surface area contributed by atoms with Crippen molar-refractivity contribution < 1.29 is 8.42 Å². The van der Waals surface area contributed by atoms with E-state index in [1.165, 1.54) is 18.5 Å². The van der Waals surface area contributed by atoms with Crippen LogP contribution in [0.15, 0.2) is 58.3 Å². The highest BCUT2D eigenvalue weighted by Gasteiger charge is 2.15. The maximum absolute atomic E-state index is 12.3. The predicted octanol–water partition coefficient (Wildman–Crippen LogP) is 2.57. The number of nitrogens with one attached hydrogen (secondary N) is 3. The van der Waals surface area contributed by atoms with E-state index in [0.717, 1.165) is 10.0 Å². The van der Waals surface area contributed by atoms with E-state index in [4.69, 9.17) is 5.73 Å². The van der Waals surface area contributed by atoms with E-state index in [0.29, 0.717) is 5.82 Å². The number of hydrogen-bond donors (Lipinski definition) is 4. The molecular weight excluding hydrogens is 434 g/mol. The molecule has 140 valence electrons. The van der Waals surface area contributed by atoms with Crippen LogP contribution in [0.2, 0.25) is 0 Å². The summed E-state index contributed by atoms with van der Waals surface area (Å²) in [5, 5.41) is 2.95. The summed E-state index contributed by atoms with van der Waals surface area (Å²) in [7, 11) is -3.78. The molecule has 0 aliphatic rings. The average Bonchev–Trinajstić information content (AvgIpc) is 2.64. The summed E-state index contributed by atoms with van der Waals surface area (Å²) in [6.07, 6.45) is 2.87. The molecule has 0 amide bonds. The van der Waals surface area contributed by atoms with E-state index < -0.39 is 10.0 Å². The molecule has 0 aliphatic carbocycles. The molecule has 3 aromatic rings. The summed E-state index contributed by atoms with van der Waals surface area (Å²) < 4.78 is 25.5. The number of aryl methyl sites for hydroxylation is 1. The monoisotopic (exact) mass is 449 g/mol. The first-order valence-electron chi connectivity index (χ1n) is 7.69. The van der Waals surface area contributed by atoms with Crippen molar-refractivity contribution in [3.63, 3.8) is 0 Å². The molecular formula is C16H16BrN7O2S. The highest BCUT2D eigenvalue weighted by Crippen LogP contribution is 2.25. The number of benzene rings is 1. The molecule has 0 atom stereocenters. The third-order valence-corrected chi connectivity index (χ3v) is 5.23. The van der Waals surface area contributed by atoms with Crippen molar-refractivity contribution in [3.05, 3.63) is 59.0 Å². The molecule has 2 heterocycles. The van der Waals surface area contributed by atoms with Gasteiger partial charge in [-0.2, -0.15) is 0 Å². The molecule has 11 heteroatoms. The Hall–Kier alpha value is -2.76. The summed E-state index contributed by atoms with van der Waals surface area (Å²) in [6.45, 7) is 1.87. The second kappa shape index (κ2) is 7.86. The van der Waals surface area contributed by atoms with Gasteiger partial charge in [-0.1, -0.05) is 17.7 Å². The minimum atomic E-state index is -3.78. The molecule has 0 spiro atoms. The van der Waals surface area contributed by atoms with Crippen LogP contribution < -0.4 is 21.3 Å². The van der Waals surface area contributed by atoms with E-state index in [2.05, 4.69) is 46.5 Å². The first kappa shape index (κ1) is 19.0. The highest BCUT2D eigenvalue weighted by molar-refractivity contribution is 9.10. The van der Waals surface area contributed by atoms with Crippen molar-refractivity contribution in [2.24, 2.45) is 0 Å². The van der Waals surface area contributed by atoms with Crippen molar-refractivity contribution in [1.82, 2.24) is 19.8 Å². The van der Waals surface area contributed by atoms with Gasteiger partial charge in [-0.3, -0.25) is 5.43 Å². The van der Waals surface area contributed by atoms with E-state index in [9.17, 15) is 8.42 Å². The Morgan fingerprint density at radius 1 is 1.00 bits per heavy atom. The lowest BCUT2D eigenvalue weighted by Gasteiger charge is -2.13. The standard InChI is InChI=1S/C16H16BrN7O2S/c1-10-2-5-12(6-3-10)27(25,26)24-23-16-14(18)15(20-9-21-16)22-13-7-4-11(17)8-19-13/h2-9,24H,18H2,1H3,(H2,19,20,21,22,23). The number of halogens is 1. The maximum atomic E-state index is 12.3.